The van der Waals surface area contributed by atoms with Crippen LogP contribution in [0.3, 0.4) is 0 Å². The number of aromatic nitrogens is 2. The van der Waals surface area contributed by atoms with Crippen molar-refractivity contribution in [3.05, 3.63) is 24.4 Å². The Balaban J connectivity index is 2.07. The van der Waals surface area contributed by atoms with Gasteiger partial charge in [0.25, 0.3) is 0 Å². The van der Waals surface area contributed by atoms with Crippen molar-refractivity contribution in [3.63, 3.8) is 0 Å². The summed E-state index contributed by atoms with van der Waals surface area (Å²) in [6, 6.07) is 1.62. The van der Waals surface area contributed by atoms with Gasteiger partial charge in [-0.1, -0.05) is 12.2 Å². The van der Waals surface area contributed by atoms with Gasteiger partial charge in [-0.15, -0.1) is 0 Å². The van der Waals surface area contributed by atoms with Crippen LogP contribution in [0.5, 0.6) is 0 Å². The minimum absolute atomic E-state index is 0.286. The first-order valence-electron chi connectivity index (χ1n) is 5.36. The van der Waals surface area contributed by atoms with Gasteiger partial charge in [-0.2, -0.15) is 5.10 Å². The molecule has 1 heterocycles. The molecule has 1 amide bonds. The van der Waals surface area contributed by atoms with Crippen LogP contribution in [-0.2, 0) is 9.59 Å². The van der Waals surface area contributed by atoms with E-state index in [1.807, 2.05) is 6.08 Å². The van der Waals surface area contributed by atoms with E-state index in [9.17, 15) is 9.59 Å². The first kappa shape index (κ1) is 11.4. The smallest absolute Gasteiger partial charge is 0.307 e. The van der Waals surface area contributed by atoms with Crippen molar-refractivity contribution in [1.29, 1.82) is 0 Å². The van der Waals surface area contributed by atoms with Crippen molar-refractivity contribution in [2.45, 2.75) is 12.8 Å². The average molecular weight is 235 g/mol. The molecule has 0 spiro atoms. The molecular weight excluding hydrogens is 222 g/mol. The molecule has 0 radical (unpaired) electrons. The van der Waals surface area contributed by atoms with Crippen LogP contribution in [0.2, 0.25) is 0 Å². The highest BCUT2D eigenvalue weighted by atomic mass is 16.4. The van der Waals surface area contributed by atoms with Gasteiger partial charge < -0.3 is 10.4 Å². The van der Waals surface area contributed by atoms with Gasteiger partial charge in [0, 0.05) is 6.07 Å². The molecule has 0 aliphatic heterocycles. The quantitative estimate of drug-likeness (QED) is 0.681. The highest BCUT2D eigenvalue weighted by Gasteiger charge is 2.33. The van der Waals surface area contributed by atoms with E-state index in [2.05, 4.69) is 15.5 Å². The molecule has 0 saturated carbocycles. The molecule has 6 nitrogen and oxygen atoms in total. The molecule has 0 unspecified atom stereocenters. The van der Waals surface area contributed by atoms with E-state index in [0.29, 0.717) is 18.7 Å². The summed E-state index contributed by atoms with van der Waals surface area (Å²) in [5, 5.41) is 18.0. The van der Waals surface area contributed by atoms with Gasteiger partial charge in [-0.05, 0) is 12.8 Å². The summed E-state index contributed by atoms with van der Waals surface area (Å²) >= 11 is 0. The van der Waals surface area contributed by atoms with Gasteiger partial charge in [0.15, 0.2) is 0 Å². The predicted molar refractivity (Wildman–Crippen MR) is 60.2 cm³/mol. The lowest BCUT2D eigenvalue weighted by Crippen LogP contribution is -2.34. The molecule has 2 rings (SSSR count). The molecule has 2 atom stereocenters. The Labute approximate surface area is 97.7 Å². The number of carboxylic acids is 1. The Morgan fingerprint density at radius 3 is 2.65 bits per heavy atom. The van der Waals surface area contributed by atoms with Crippen LogP contribution < -0.4 is 5.32 Å². The molecule has 1 aromatic heterocycles. The average Bonchev–Trinajstić information content (AvgIpc) is 2.81. The zero-order valence-corrected chi connectivity index (χ0v) is 9.09. The normalized spacial score (nSPS) is 23.3. The number of aliphatic carboxylic acids is 1. The second-order valence-electron chi connectivity index (χ2n) is 3.95. The Morgan fingerprint density at radius 2 is 2.06 bits per heavy atom. The van der Waals surface area contributed by atoms with E-state index in [0.717, 1.165) is 0 Å². The molecule has 3 N–H and O–H groups in total. The summed E-state index contributed by atoms with van der Waals surface area (Å²) in [5.41, 5.74) is 0. The van der Waals surface area contributed by atoms with Gasteiger partial charge in [0.05, 0.1) is 18.0 Å². The van der Waals surface area contributed by atoms with Crippen molar-refractivity contribution in [2.75, 3.05) is 5.32 Å². The molecule has 90 valence electrons. The predicted octanol–water partition coefficient (Wildman–Crippen LogP) is 1.02. The van der Waals surface area contributed by atoms with Crippen LogP contribution >= 0.6 is 0 Å². The largest absolute Gasteiger partial charge is 0.481 e. The van der Waals surface area contributed by atoms with Crippen LogP contribution in [0.15, 0.2) is 24.4 Å². The molecule has 0 bridgehead atoms. The SMILES string of the molecule is O=C(O)[C@@H]1CC=CC[C@H]1C(=O)Nc1ccn[nH]1. The van der Waals surface area contributed by atoms with Crippen molar-refractivity contribution in [1.82, 2.24) is 10.2 Å². The van der Waals surface area contributed by atoms with Crippen molar-refractivity contribution in [3.8, 4) is 0 Å². The summed E-state index contributed by atoms with van der Waals surface area (Å²) in [7, 11) is 0. The molecule has 6 heteroatoms. The zero-order valence-electron chi connectivity index (χ0n) is 9.09. The standard InChI is InChI=1S/C11H13N3O3/c15-10(13-9-5-6-12-14-9)7-3-1-2-4-8(7)11(16)17/h1-2,5-8H,3-4H2,(H,16,17)(H2,12,13,14,15)/t7-,8-/m1/s1. The van der Waals surface area contributed by atoms with Gasteiger partial charge in [-0.25, -0.2) is 0 Å². The summed E-state index contributed by atoms with van der Waals surface area (Å²) in [4.78, 5) is 23.0. The highest BCUT2D eigenvalue weighted by Crippen LogP contribution is 2.26. The number of H-pyrrole nitrogens is 1. The maximum absolute atomic E-state index is 11.9. The molecule has 0 aromatic carbocycles. The molecule has 0 fully saturated rings. The number of rotatable bonds is 3. The maximum Gasteiger partial charge on any atom is 0.307 e. The molecule has 1 aliphatic rings. The summed E-state index contributed by atoms with van der Waals surface area (Å²) in [6.07, 6.45) is 6.02. The summed E-state index contributed by atoms with van der Waals surface area (Å²) < 4.78 is 0. The van der Waals surface area contributed by atoms with E-state index in [4.69, 9.17) is 5.11 Å². The molecule has 17 heavy (non-hydrogen) atoms. The Hall–Kier alpha value is -2.11. The lowest BCUT2D eigenvalue weighted by molar-refractivity contribution is -0.146. The Morgan fingerprint density at radius 1 is 1.35 bits per heavy atom. The Kier molecular flexibility index (Phi) is 3.22. The highest BCUT2D eigenvalue weighted by molar-refractivity contribution is 5.94. The number of allylic oxidation sites excluding steroid dienone is 2. The third-order valence-electron chi connectivity index (χ3n) is 2.84. The van der Waals surface area contributed by atoms with Crippen LogP contribution in [-0.4, -0.2) is 27.2 Å². The number of amides is 1. The first-order chi connectivity index (χ1) is 8.18. The number of nitrogens with one attached hydrogen (secondary N) is 2. The third-order valence-corrected chi connectivity index (χ3v) is 2.84. The maximum atomic E-state index is 11.9. The first-order valence-corrected chi connectivity index (χ1v) is 5.36. The van der Waals surface area contributed by atoms with Crippen molar-refractivity contribution >= 4 is 17.7 Å². The van der Waals surface area contributed by atoms with Crippen molar-refractivity contribution in [2.24, 2.45) is 11.8 Å². The number of hydrogen-bond donors (Lipinski definition) is 3. The van der Waals surface area contributed by atoms with Gasteiger partial charge in [0.2, 0.25) is 5.91 Å². The second kappa shape index (κ2) is 4.82. The fourth-order valence-corrected chi connectivity index (χ4v) is 1.93. The molecule has 0 saturated heterocycles. The minimum Gasteiger partial charge on any atom is -0.481 e. The Bertz CT molecular complexity index is 439. The number of nitrogens with zero attached hydrogens (tertiary/aromatic N) is 1. The van der Waals surface area contributed by atoms with Gasteiger partial charge in [-0.3, -0.25) is 14.7 Å². The second-order valence-corrected chi connectivity index (χ2v) is 3.95. The number of hydrogen-bond acceptors (Lipinski definition) is 3. The zero-order chi connectivity index (χ0) is 12.3. The summed E-state index contributed by atoms with van der Waals surface area (Å²) in [6.45, 7) is 0. The number of anilines is 1. The number of aromatic amines is 1. The number of carboxylic acid groups (broad SMARTS) is 1. The van der Waals surface area contributed by atoms with E-state index in [-0.39, 0.29) is 5.91 Å². The van der Waals surface area contributed by atoms with E-state index < -0.39 is 17.8 Å². The summed E-state index contributed by atoms with van der Waals surface area (Å²) in [5.74, 6) is -1.91. The van der Waals surface area contributed by atoms with E-state index in [1.165, 1.54) is 6.20 Å². The third kappa shape index (κ3) is 2.52. The van der Waals surface area contributed by atoms with Gasteiger partial charge >= 0.3 is 5.97 Å². The van der Waals surface area contributed by atoms with Crippen molar-refractivity contribution < 1.29 is 14.7 Å². The van der Waals surface area contributed by atoms with Gasteiger partial charge in [0.1, 0.15) is 5.82 Å². The number of carbonyl (C=O) groups is 2. The molecule has 1 aliphatic carbocycles. The topological polar surface area (TPSA) is 95.1 Å². The van der Waals surface area contributed by atoms with Crippen LogP contribution in [0.4, 0.5) is 5.82 Å². The fourth-order valence-electron chi connectivity index (χ4n) is 1.93. The molecular formula is C11H13N3O3. The monoisotopic (exact) mass is 235 g/mol. The van der Waals surface area contributed by atoms with E-state index >= 15 is 0 Å². The van der Waals surface area contributed by atoms with Crippen LogP contribution in [0, 0.1) is 11.8 Å². The number of carbonyl (C=O) groups excluding carboxylic acids is 1. The fraction of sp³-hybridized carbons (Fsp3) is 0.364. The van der Waals surface area contributed by atoms with E-state index in [1.54, 1.807) is 12.1 Å². The van der Waals surface area contributed by atoms with Crippen LogP contribution in [0.25, 0.3) is 0 Å². The lowest BCUT2D eigenvalue weighted by Gasteiger charge is -2.23. The molecule has 1 aromatic rings. The minimum atomic E-state index is -0.931. The van der Waals surface area contributed by atoms with Crippen LogP contribution in [0.1, 0.15) is 12.8 Å². The lowest BCUT2D eigenvalue weighted by atomic mass is 9.82.